The summed E-state index contributed by atoms with van der Waals surface area (Å²) in [4.78, 5) is 0. The minimum atomic E-state index is -0.0200. The van der Waals surface area contributed by atoms with Crippen molar-refractivity contribution in [2.45, 2.75) is 38.5 Å². The van der Waals surface area contributed by atoms with Crippen LogP contribution in [-0.4, -0.2) is 14.2 Å². The van der Waals surface area contributed by atoms with Gasteiger partial charge in [0.05, 0.1) is 14.2 Å². The second kappa shape index (κ2) is 6.04. The third-order valence-corrected chi connectivity index (χ3v) is 5.19. The van der Waals surface area contributed by atoms with E-state index in [1.165, 1.54) is 11.1 Å². The average molecular weight is 298 g/mol. The van der Waals surface area contributed by atoms with E-state index in [1.54, 1.807) is 14.2 Å². The van der Waals surface area contributed by atoms with Crippen molar-refractivity contribution in [1.29, 1.82) is 0 Å². The molecule has 0 aliphatic carbocycles. The third kappa shape index (κ3) is 2.83. The summed E-state index contributed by atoms with van der Waals surface area (Å²) in [5, 5.41) is 0. The molecule has 0 aromatic heterocycles. The van der Waals surface area contributed by atoms with E-state index in [2.05, 4.69) is 52.0 Å². The molecular weight excluding hydrogens is 272 g/mol. The molecule has 0 saturated heterocycles. The van der Waals surface area contributed by atoms with Crippen LogP contribution in [-0.2, 0) is 10.8 Å². The Balaban J connectivity index is 2.39. The van der Waals surface area contributed by atoms with Crippen LogP contribution < -0.4 is 9.47 Å². The van der Waals surface area contributed by atoms with Gasteiger partial charge in [0.15, 0.2) is 0 Å². The van der Waals surface area contributed by atoms with Crippen molar-refractivity contribution in [3.63, 3.8) is 0 Å². The summed E-state index contributed by atoms with van der Waals surface area (Å²) in [6.07, 6.45) is 0. The van der Waals surface area contributed by atoms with Crippen LogP contribution in [0, 0.1) is 0 Å². The first kappa shape index (κ1) is 16.4. The SMILES string of the molecule is COc1ccc(C(C)(C)C(C)(C)c2ccc(OC)cc2)cc1. The molecule has 22 heavy (non-hydrogen) atoms. The maximum absolute atomic E-state index is 5.26. The normalized spacial score (nSPS) is 12.1. The van der Waals surface area contributed by atoms with Gasteiger partial charge in [-0.3, -0.25) is 0 Å². The Hall–Kier alpha value is -1.96. The minimum Gasteiger partial charge on any atom is -0.497 e. The van der Waals surface area contributed by atoms with Gasteiger partial charge in [0, 0.05) is 0 Å². The van der Waals surface area contributed by atoms with Crippen molar-refractivity contribution >= 4 is 0 Å². The van der Waals surface area contributed by atoms with E-state index < -0.39 is 0 Å². The average Bonchev–Trinajstić information content (AvgIpc) is 2.54. The summed E-state index contributed by atoms with van der Waals surface area (Å²) >= 11 is 0. The zero-order chi connectivity index (χ0) is 16.4. The van der Waals surface area contributed by atoms with Crippen LogP contribution in [0.2, 0.25) is 0 Å². The Labute approximate surface area is 134 Å². The second-order valence-electron chi connectivity index (χ2n) is 6.71. The van der Waals surface area contributed by atoms with Gasteiger partial charge in [-0.05, 0) is 46.2 Å². The van der Waals surface area contributed by atoms with Crippen LogP contribution in [0.4, 0.5) is 0 Å². The maximum atomic E-state index is 5.26. The van der Waals surface area contributed by atoms with E-state index >= 15 is 0 Å². The Morgan fingerprint density at radius 2 is 0.818 bits per heavy atom. The number of ether oxygens (including phenoxy) is 2. The lowest BCUT2D eigenvalue weighted by Gasteiger charge is -2.43. The molecule has 0 N–H and O–H groups in total. The molecule has 0 spiro atoms. The van der Waals surface area contributed by atoms with Crippen LogP contribution in [0.5, 0.6) is 11.5 Å². The van der Waals surface area contributed by atoms with Crippen LogP contribution >= 0.6 is 0 Å². The zero-order valence-corrected chi connectivity index (χ0v) is 14.4. The lowest BCUT2D eigenvalue weighted by atomic mass is 9.61. The highest BCUT2D eigenvalue weighted by atomic mass is 16.5. The Morgan fingerprint density at radius 3 is 1.05 bits per heavy atom. The fourth-order valence-electron chi connectivity index (χ4n) is 2.74. The fraction of sp³-hybridized carbons (Fsp3) is 0.400. The Bertz CT molecular complexity index is 550. The topological polar surface area (TPSA) is 18.5 Å². The van der Waals surface area contributed by atoms with E-state index in [-0.39, 0.29) is 10.8 Å². The highest BCUT2D eigenvalue weighted by Crippen LogP contribution is 2.44. The maximum Gasteiger partial charge on any atom is 0.118 e. The fourth-order valence-corrected chi connectivity index (χ4v) is 2.74. The molecule has 118 valence electrons. The number of rotatable bonds is 5. The van der Waals surface area contributed by atoms with E-state index in [9.17, 15) is 0 Å². The summed E-state index contributed by atoms with van der Waals surface area (Å²) < 4.78 is 10.5. The molecule has 2 heteroatoms. The van der Waals surface area contributed by atoms with Gasteiger partial charge in [-0.25, -0.2) is 0 Å². The molecule has 0 radical (unpaired) electrons. The molecule has 0 atom stereocenters. The van der Waals surface area contributed by atoms with Gasteiger partial charge < -0.3 is 9.47 Å². The monoisotopic (exact) mass is 298 g/mol. The van der Waals surface area contributed by atoms with E-state index in [1.807, 2.05) is 24.3 Å². The highest BCUT2D eigenvalue weighted by Gasteiger charge is 2.39. The van der Waals surface area contributed by atoms with Crippen LogP contribution in [0.15, 0.2) is 48.5 Å². The quantitative estimate of drug-likeness (QED) is 0.777. The van der Waals surface area contributed by atoms with Crippen molar-refractivity contribution in [3.8, 4) is 11.5 Å². The number of hydrogen-bond donors (Lipinski definition) is 0. The van der Waals surface area contributed by atoms with Crippen LogP contribution in [0.25, 0.3) is 0 Å². The molecule has 0 heterocycles. The first-order chi connectivity index (χ1) is 10.3. The summed E-state index contributed by atoms with van der Waals surface area (Å²) in [5.41, 5.74) is 2.56. The molecule has 0 aliphatic rings. The molecule has 2 rings (SSSR count). The summed E-state index contributed by atoms with van der Waals surface area (Å²) in [6, 6.07) is 16.7. The molecule has 0 saturated carbocycles. The molecule has 2 nitrogen and oxygen atoms in total. The van der Waals surface area contributed by atoms with E-state index in [0.717, 1.165) is 11.5 Å². The molecule has 0 amide bonds. The van der Waals surface area contributed by atoms with Crippen LogP contribution in [0.3, 0.4) is 0 Å². The van der Waals surface area contributed by atoms with Crippen molar-refractivity contribution in [1.82, 2.24) is 0 Å². The highest BCUT2D eigenvalue weighted by molar-refractivity contribution is 5.40. The zero-order valence-electron chi connectivity index (χ0n) is 14.4. The molecule has 0 unspecified atom stereocenters. The molecule has 0 fully saturated rings. The third-order valence-electron chi connectivity index (χ3n) is 5.19. The van der Waals surface area contributed by atoms with Crippen molar-refractivity contribution in [3.05, 3.63) is 59.7 Å². The first-order valence-corrected chi connectivity index (χ1v) is 7.62. The predicted molar refractivity (Wildman–Crippen MR) is 92.0 cm³/mol. The van der Waals surface area contributed by atoms with Crippen molar-refractivity contribution in [2.75, 3.05) is 14.2 Å². The molecular formula is C20H26O2. The minimum absolute atomic E-state index is 0.0200. The van der Waals surface area contributed by atoms with Gasteiger partial charge in [-0.15, -0.1) is 0 Å². The van der Waals surface area contributed by atoms with E-state index in [4.69, 9.17) is 9.47 Å². The lowest BCUT2D eigenvalue weighted by molar-refractivity contribution is 0.302. The first-order valence-electron chi connectivity index (χ1n) is 7.62. The van der Waals surface area contributed by atoms with Crippen molar-refractivity contribution < 1.29 is 9.47 Å². The summed E-state index contributed by atoms with van der Waals surface area (Å²) in [6.45, 7) is 9.16. The van der Waals surface area contributed by atoms with E-state index in [0.29, 0.717) is 0 Å². The van der Waals surface area contributed by atoms with Gasteiger partial charge in [-0.1, -0.05) is 52.0 Å². The smallest absolute Gasteiger partial charge is 0.118 e. The lowest BCUT2D eigenvalue weighted by Crippen LogP contribution is -2.40. The van der Waals surface area contributed by atoms with Gasteiger partial charge in [-0.2, -0.15) is 0 Å². The van der Waals surface area contributed by atoms with Gasteiger partial charge in [0.1, 0.15) is 11.5 Å². The predicted octanol–water partition coefficient (Wildman–Crippen LogP) is 4.96. The molecule has 2 aromatic rings. The van der Waals surface area contributed by atoms with Gasteiger partial charge in [0.2, 0.25) is 0 Å². The van der Waals surface area contributed by atoms with Crippen molar-refractivity contribution in [2.24, 2.45) is 0 Å². The Morgan fingerprint density at radius 1 is 0.545 bits per heavy atom. The standard InChI is InChI=1S/C20H26O2/c1-19(2,15-7-11-17(21-5)12-8-15)20(3,4)16-9-13-18(22-6)14-10-16/h7-14H,1-6H3. The number of benzene rings is 2. The largest absolute Gasteiger partial charge is 0.497 e. The number of methoxy groups -OCH3 is 2. The summed E-state index contributed by atoms with van der Waals surface area (Å²) in [5.74, 6) is 1.78. The molecule has 0 aliphatic heterocycles. The van der Waals surface area contributed by atoms with Gasteiger partial charge >= 0.3 is 0 Å². The van der Waals surface area contributed by atoms with Gasteiger partial charge in [0.25, 0.3) is 0 Å². The summed E-state index contributed by atoms with van der Waals surface area (Å²) in [7, 11) is 3.39. The Kier molecular flexibility index (Phi) is 4.50. The molecule has 0 bridgehead atoms. The number of hydrogen-bond acceptors (Lipinski definition) is 2. The van der Waals surface area contributed by atoms with Crippen LogP contribution in [0.1, 0.15) is 38.8 Å². The molecule has 2 aromatic carbocycles. The second-order valence-corrected chi connectivity index (χ2v) is 6.71.